The van der Waals surface area contributed by atoms with E-state index in [0.29, 0.717) is 13.0 Å². The number of quaternary nitrogens is 1. The Kier molecular flexibility index (Phi) is 6.23. The van der Waals surface area contributed by atoms with E-state index in [1.165, 1.54) is 16.0 Å². The Morgan fingerprint density at radius 2 is 1.53 bits per heavy atom. The highest BCUT2D eigenvalue weighted by molar-refractivity contribution is 6.04. The number of fused-ring (bicyclic) bond motifs is 3. The Balaban J connectivity index is 1.48. The summed E-state index contributed by atoms with van der Waals surface area (Å²) in [6.45, 7) is 3.29. The number of ketones is 1. The SMILES string of the molecule is O=C1CCCc2c1n(CC[NH+](Cc1ccccc1)Cc1ccccc1)c1ccc([N+](=O)[O-])cc21. The van der Waals surface area contributed by atoms with Gasteiger partial charge in [-0.3, -0.25) is 14.9 Å². The molecule has 1 aromatic heterocycles. The molecule has 0 saturated heterocycles. The molecule has 0 unspecified atom stereocenters. The van der Waals surface area contributed by atoms with Crippen LogP contribution in [0.4, 0.5) is 5.69 Å². The predicted molar refractivity (Wildman–Crippen MR) is 132 cm³/mol. The van der Waals surface area contributed by atoms with E-state index in [-0.39, 0.29) is 16.4 Å². The second kappa shape index (κ2) is 9.61. The molecule has 0 spiro atoms. The van der Waals surface area contributed by atoms with E-state index in [9.17, 15) is 14.9 Å². The van der Waals surface area contributed by atoms with Crippen molar-refractivity contribution >= 4 is 22.4 Å². The first kappa shape index (κ1) is 22.0. The molecule has 0 aliphatic heterocycles. The van der Waals surface area contributed by atoms with Gasteiger partial charge in [0, 0.05) is 40.6 Å². The fourth-order valence-electron chi connectivity index (χ4n) is 5.15. The van der Waals surface area contributed by atoms with Crippen molar-refractivity contribution in [3.63, 3.8) is 0 Å². The zero-order chi connectivity index (χ0) is 23.5. The first-order valence-corrected chi connectivity index (χ1v) is 11.8. The quantitative estimate of drug-likeness (QED) is 0.318. The first-order valence-electron chi connectivity index (χ1n) is 11.8. The van der Waals surface area contributed by atoms with Crippen molar-refractivity contribution in [2.75, 3.05) is 6.54 Å². The van der Waals surface area contributed by atoms with Crippen LogP contribution < -0.4 is 4.90 Å². The van der Waals surface area contributed by atoms with Gasteiger partial charge in [0.2, 0.25) is 0 Å². The molecule has 6 heteroatoms. The Morgan fingerprint density at radius 1 is 0.882 bits per heavy atom. The number of non-ortho nitro benzene ring substituents is 1. The predicted octanol–water partition coefficient (Wildman–Crippen LogP) is 4.35. The van der Waals surface area contributed by atoms with Gasteiger partial charge in [-0.1, -0.05) is 60.7 Å². The summed E-state index contributed by atoms with van der Waals surface area (Å²) < 4.78 is 2.12. The van der Waals surface area contributed by atoms with Crippen molar-refractivity contribution in [1.82, 2.24) is 4.57 Å². The molecule has 0 atom stereocenters. The van der Waals surface area contributed by atoms with Gasteiger partial charge in [-0.2, -0.15) is 0 Å². The second-order valence-electron chi connectivity index (χ2n) is 9.04. The van der Waals surface area contributed by atoms with Crippen LogP contribution in [0.5, 0.6) is 0 Å². The minimum atomic E-state index is -0.362. The molecule has 1 aliphatic rings. The van der Waals surface area contributed by atoms with E-state index in [1.54, 1.807) is 12.1 Å². The fourth-order valence-corrected chi connectivity index (χ4v) is 5.15. The Bertz CT molecular complexity index is 1290. The lowest BCUT2D eigenvalue weighted by atomic mass is 9.94. The molecule has 0 fully saturated rings. The molecule has 0 saturated carbocycles. The molecule has 4 aromatic rings. The van der Waals surface area contributed by atoms with Crippen LogP contribution in [0.3, 0.4) is 0 Å². The van der Waals surface area contributed by atoms with Gasteiger partial charge in [0.15, 0.2) is 5.78 Å². The maximum atomic E-state index is 13.0. The molecule has 6 nitrogen and oxygen atoms in total. The summed E-state index contributed by atoms with van der Waals surface area (Å²) in [6.07, 6.45) is 2.12. The summed E-state index contributed by atoms with van der Waals surface area (Å²) >= 11 is 0. The highest BCUT2D eigenvalue weighted by atomic mass is 16.6. The standard InChI is InChI=1S/C28H27N3O3/c32-27-13-7-12-24-25-18-23(31(33)34)14-15-26(25)30(28(24)27)17-16-29(19-21-8-3-1-4-9-21)20-22-10-5-2-6-11-22/h1-6,8-11,14-15,18H,7,12-13,16-17,19-20H2/p+1. The second-order valence-corrected chi connectivity index (χ2v) is 9.04. The Labute approximate surface area is 198 Å². The van der Waals surface area contributed by atoms with Gasteiger partial charge in [0.05, 0.1) is 23.7 Å². The molecule has 3 aromatic carbocycles. The van der Waals surface area contributed by atoms with Crippen molar-refractivity contribution in [2.24, 2.45) is 0 Å². The van der Waals surface area contributed by atoms with Crippen LogP contribution in [0.2, 0.25) is 0 Å². The maximum absolute atomic E-state index is 13.0. The minimum Gasteiger partial charge on any atom is -0.332 e. The number of aryl methyl sites for hydroxylation is 1. The monoisotopic (exact) mass is 454 g/mol. The van der Waals surface area contributed by atoms with Gasteiger partial charge in [0.25, 0.3) is 5.69 Å². The highest BCUT2D eigenvalue weighted by Gasteiger charge is 2.27. The number of hydrogen-bond acceptors (Lipinski definition) is 3. The van der Waals surface area contributed by atoms with E-state index < -0.39 is 0 Å². The van der Waals surface area contributed by atoms with Crippen LogP contribution in [-0.4, -0.2) is 21.8 Å². The van der Waals surface area contributed by atoms with Crippen molar-refractivity contribution < 1.29 is 14.6 Å². The lowest BCUT2D eigenvalue weighted by Gasteiger charge is -2.22. The van der Waals surface area contributed by atoms with Gasteiger partial charge < -0.3 is 9.47 Å². The van der Waals surface area contributed by atoms with Crippen LogP contribution in [0, 0.1) is 10.1 Å². The van der Waals surface area contributed by atoms with Crippen molar-refractivity contribution in [3.8, 4) is 0 Å². The molecule has 0 radical (unpaired) electrons. The first-order chi connectivity index (χ1) is 16.6. The molecular weight excluding hydrogens is 426 g/mol. The number of carbonyl (C=O) groups excluding carboxylic acids is 1. The van der Waals surface area contributed by atoms with E-state index in [4.69, 9.17) is 0 Å². The molecule has 172 valence electrons. The molecule has 1 N–H and O–H groups in total. The number of nitro groups is 1. The summed E-state index contributed by atoms with van der Waals surface area (Å²) in [5.41, 5.74) is 5.28. The molecule has 1 aliphatic carbocycles. The smallest absolute Gasteiger partial charge is 0.270 e. The van der Waals surface area contributed by atoms with Crippen LogP contribution in [0.1, 0.15) is 40.0 Å². The van der Waals surface area contributed by atoms with E-state index in [2.05, 4.69) is 53.1 Å². The van der Waals surface area contributed by atoms with Crippen molar-refractivity contribution in [2.45, 2.75) is 38.9 Å². The molecule has 5 rings (SSSR count). The summed E-state index contributed by atoms with van der Waals surface area (Å²) in [6, 6.07) is 25.9. The number of nitrogens with one attached hydrogen (secondary N) is 1. The van der Waals surface area contributed by atoms with E-state index >= 15 is 0 Å². The van der Waals surface area contributed by atoms with Gasteiger partial charge >= 0.3 is 0 Å². The number of benzene rings is 3. The van der Waals surface area contributed by atoms with Crippen LogP contribution >= 0.6 is 0 Å². The summed E-state index contributed by atoms with van der Waals surface area (Å²) in [5, 5.41) is 12.2. The number of aromatic nitrogens is 1. The third-order valence-electron chi connectivity index (χ3n) is 6.74. The third kappa shape index (κ3) is 4.50. The lowest BCUT2D eigenvalue weighted by Crippen LogP contribution is -3.09. The number of Topliss-reactive ketones (excluding diaryl/α,β-unsaturated/α-hetero) is 1. The molecule has 1 heterocycles. The number of carbonyl (C=O) groups is 1. The van der Waals surface area contributed by atoms with Gasteiger partial charge in [0.1, 0.15) is 13.1 Å². The average molecular weight is 455 g/mol. The molecule has 34 heavy (non-hydrogen) atoms. The zero-order valence-electron chi connectivity index (χ0n) is 19.1. The summed E-state index contributed by atoms with van der Waals surface area (Å²) in [5.74, 6) is 0.146. The summed E-state index contributed by atoms with van der Waals surface area (Å²) in [7, 11) is 0. The van der Waals surface area contributed by atoms with Crippen molar-refractivity contribution in [3.05, 3.63) is 111 Å². The van der Waals surface area contributed by atoms with Crippen molar-refractivity contribution in [1.29, 1.82) is 0 Å². The van der Waals surface area contributed by atoms with E-state index in [1.807, 2.05) is 18.2 Å². The topological polar surface area (TPSA) is 69.6 Å². The number of rotatable bonds is 8. The minimum absolute atomic E-state index is 0.0749. The highest BCUT2D eigenvalue weighted by Crippen LogP contribution is 2.34. The molecule has 0 amide bonds. The fraction of sp³-hybridized carbons (Fsp3) is 0.250. The largest absolute Gasteiger partial charge is 0.332 e. The number of hydrogen-bond donors (Lipinski definition) is 1. The normalized spacial score (nSPS) is 13.4. The van der Waals surface area contributed by atoms with Gasteiger partial charge in [-0.05, 0) is 24.5 Å². The number of nitro benzene ring substituents is 1. The van der Waals surface area contributed by atoms with E-state index in [0.717, 1.165) is 54.6 Å². The van der Waals surface area contributed by atoms with Gasteiger partial charge in [-0.15, -0.1) is 0 Å². The Hall–Kier alpha value is -3.77. The Morgan fingerprint density at radius 3 is 2.15 bits per heavy atom. The number of nitrogens with zero attached hydrogens (tertiary/aromatic N) is 2. The van der Waals surface area contributed by atoms with Crippen LogP contribution in [0.15, 0.2) is 78.9 Å². The third-order valence-corrected chi connectivity index (χ3v) is 6.74. The molecular formula is C28H28N3O3+. The van der Waals surface area contributed by atoms with Gasteiger partial charge in [-0.25, -0.2) is 0 Å². The zero-order valence-corrected chi connectivity index (χ0v) is 19.1. The molecule has 0 bridgehead atoms. The van der Waals surface area contributed by atoms with Crippen LogP contribution in [-0.2, 0) is 26.1 Å². The maximum Gasteiger partial charge on any atom is 0.270 e. The lowest BCUT2D eigenvalue weighted by molar-refractivity contribution is -0.928. The van der Waals surface area contributed by atoms with Crippen LogP contribution in [0.25, 0.3) is 10.9 Å². The summed E-state index contributed by atoms with van der Waals surface area (Å²) in [4.78, 5) is 25.4. The average Bonchev–Trinajstić information content (AvgIpc) is 3.18.